The Hall–Kier alpha value is -5.80. The Morgan fingerprint density at radius 2 is 0.800 bits per heavy atom. The van der Waals surface area contributed by atoms with Crippen LogP contribution in [-0.2, 0) is 0 Å². The molecule has 0 radical (unpaired) electrons. The maximum Gasteiger partial charge on any atom is 0.0434 e. The lowest BCUT2D eigenvalue weighted by Gasteiger charge is -2.18. The molecule has 2 heteroatoms. The smallest absolute Gasteiger partial charge is 0.0434 e. The lowest BCUT2D eigenvalue weighted by Crippen LogP contribution is -1.90. The number of fused-ring (bicyclic) bond motifs is 10. The van der Waals surface area contributed by atoms with Crippen molar-refractivity contribution in [3.05, 3.63) is 170 Å². The highest BCUT2D eigenvalue weighted by atomic mass is 32.1. The highest BCUT2D eigenvalue weighted by Crippen LogP contribution is 2.45. The van der Waals surface area contributed by atoms with Gasteiger partial charge in [-0.15, -0.1) is 22.7 Å². The van der Waals surface area contributed by atoms with Crippen molar-refractivity contribution in [2.24, 2.45) is 0 Å². The van der Waals surface area contributed by atoms with Crippen LogP contribution >= 0.6 is 22.7 Å². The molecule has 2 heterocycles. The first-order chi connectivity index (χ1) is 24.8. The van der Waals surface area contributed by atoms with E-state index in [1.54, 1.807) is 0 Å². The van der Waals surface area contributed by atoms with Crippen molar-refractivity contribution in [2.75, 3.05) is 0 Å². The van der Waals surface area contributed by atoms with E-state index >= 15 is 0 Å². The van der Waals surface area contributed by atoms with Gasteiger partial charge in [-0.05, 0) is 90.6 Å². The van der Waals surface area contributed by atoms with Gasteiger partial charge in [-0.2, -0.15) is 0 Å². The van der Waals surface area contributed by atoms with Gasteiger partial charge in [0.05, 0.1) is 0 Å². The van der Waals surface area contributed by atoms with Crippen LogP contribution in [0.15, 0.2) is 170 Å². The van der Waals surface area contributed by atoms with Crippen LogP contribution in [-0.4, -0.2) is 0 Å². The van der Waals surface area contributed by atoms with Crippen LogP contribution in [0.25, 0.3) is 106 Å². The summed E-state index contributed by atoms with van der Waals surface area (Å²) in [6, 6.07) is 63.0. The van der Waals surface area contributed by atoms with E-state index in [0.717, 1.165) is 0 Å². The molecule has 232 valence electrons. The molecule has 0 amide bonds. The fraction of sp³-hybridized carbons (Fsp3) is 0. The number of hydrogen-bond donors (Lipinski definition) is 0. The van der Waals surface area contributed by atoms with Crippen LogP contribution in [0, 0.1) is 0 Å². The molecule has 11 aromatic rings. The third kappa shape index (κ3) is 4.16. The fourth-order valence-electron chi connectivity index (χ4n) is 8.14. The Morgan fingerprint density at radius 1 is 0.260 bits per heavy atom. The average Bonchev–Trinajstić information content (AvgIpc) is 3.74. The third-order valence-corrected chi connectivity index (χ3v) is 12.8. The van der Waals surface area contributed by atoms with Crippen molar-refractivity contribution in [1.82, 2.24) is 0 Å². The summed E-state index contributed by atoms with van der Waals surface area (Å²) in [4.78, 5) is 0. The molecule has 0 N–H and O–H groups in total. The van der Waals surface area contributed by atoms with Gasteiger partial charge in [0.2, 0.25) is 0 Å². The number of hydrogen-bond acceptors (Lipinski definition) is 2. The van der Waals surface area contributed by atoms with Gasteiger partial charge in [0, 0.05) is 45.7 Å². The summed E-state index contributed by atoms with van der Waals surface area (Å²) in [6.07, 6.45) is 0. The van der Waals surface area contributed by atoms with Crippen LogP contribution in [0.5, 0.6) is 0 Å². The molecule has 50 heavy (non-hydrogen) atoms. The minimum atomic E-state index is 1.23. The summed E-state index contributed by atoms with van der Waals surface area (Å²) in [5.74, 6) is 0. The molecule has 0 unspecified atom stereocenters. The Bertz CT molecular complexity index is 3070. The fourth-order valence-corrected chi connectivity index (χ4v) is 10.5. The van der Waals surface area contributed by atoms with Crippen molar-refractivity contribution < 1.29 is 0 Å². The standard InChI is InChI=1S/C48H28S2/c1-2-10-30(11-3-1)46-35-13-4-6-15-37(35)47(38-16-7-5-14-36(38)46)31-20-18-29(19-21-31)32-23-25-44-41(26-32)42-28-40-33(27-45(42)49-44)22-24-39-34-12-8-9-17-43(34)50-48(39)40/h1-28H. The largest absolute Gasteiger partial charge is 0.135 e. The van der Waals surface area contributed by atoms with Crippen LogP contribution in [0.2, 0.25) is 0 Å². The molecule has 0 bridgehead atoms. The second kappa shape index (κ2) is 10.9. The number of rotatable bonds is 3. The lowest BCUT2D eigenvalue weighted by molar-refractivity contribution is 1.63. The van der Waals surface area contributed by atoms with E-state index in [9.17, 15) is 0 Å². The second-order valence-electron chi connectivity index (χ2n) is 13.2. The Kier molecular flexibility index (Phi) is 6.09. The molecule has 0 saturated heterocycles. The molecule has 0 saturated carbocycles. The highest BCUT2D eigenvalue weighted by molar-refractivity contribution is 7.27. The first-order valence-electron chi connectivity index (χ1n) is 17.1. The predicted molar refractivity (Wildman–Crippen MR) is 221 cm³/mol. The van der Waals surface area contributed by atoms with Crippen molar-refractivity contribution in [1.29, 1.82) is 0 Å². The molecule has 11 rings (SSSR count). The average molecular weight is 669 g/mol. The third-order valence-electron chi connectivity index (χ3n) is 10.5. The maximum absolute atomic E-state index is 2.45. The number of benzene rings is 9. The zero-order valence-electron chi connectivity index (χ0n) is 27.0. The van der Waals surface area contributed by atoms with Gasteiger partial charge in [-0.3, -0.25) is 0 Å². The van der Waals surface area contributed by atoms with E-state index in [4.69, 9.17) is 0 Å². The molecule has 0 nitrogen and oxygen atoms in total. The lowest BCUT2D eigenvalue weighted by atomic mass is 9.86. The number of thiophene rings is 2. The van der Waals surface area contributed by atoms with Crippen LogP contribution in [0.3, 0.4) is 0 Å². The van der Waals surface area contributed by atoms with E-state index < -0.39 is 0 Å². The molecular formula is C48H28S2. The summed E-state index contributed by atoms with van der Waals surface area (Å²) in [5, 5.41) is 13.2. The minimum absolute atomic E-state index is 1.23. The molecule has 0 atom stereocenters. The second-order valence-corrected chi connectivity index (χ2v) is 15.3. The maximum atomic E-state index is 2.45. The molecule has 9 aromatic carbocycles. The Morgan fingerprint density at radius 3 is 1.50 bits per heavy atom. The van der Waals surface area contributed by atoms with Gasteiger partial charge in [0.15, 0.2) is 0 Å². The zero-order valence-corrected chi connectivity index (χ0v) is 28.6. The van der Waals surface area contributed by atoms with Crippen LogP contribution < -0.4 is 0 Å². The van der Waals surface area contributed by atoms with Gasteiger partial charge in [-0.25, -0.2) is 0 Å². The summed E-state index contributed by atoms with van der Waals surface area (Å²) in [7, 11) is 0. The van der Waals surface area contributed by atoms with E-state index in [2.05, 4.69) is 170 Å². The van der Waals surface area contributed by atoms with E-state index in [1.807, 2.05) is 22.7 Å². The van der Waals surface area contributed by atoms with Crippen molar-refractivity contribution in [2.45, 2.75) is 0 Å². The van der Waals surface area contributed by atoms with Gasteiger partial charge in [-0.1, -0.05) is 140 Å². The normalized spacial score (nSPS) is 12.0. The topological polar surface area (TPSA) is 0 Å². The first kappa shape index (κ1) is 28.1. The Labute approximate surface area is 297 Å². The van der Waals surface area contributed by atoms with Gasteiger partial charge in [0.1, 0.15) is 0 Å². The molecule has 0 aliphatic heterocycles. The van der Waals surface area contributed by atoms with Crippen LogP contribution in [0.1, 0.15) is 0 Å². The summed E-state index contributed by atoms with van der Waals surface area (Å²) < 4.78 is 5.41. The monoisotopic (exact) mass is 668 g/mol. The van der Waals surface area contributed by atoms with Gasteiger partial charge < -0.3 is 0 Å². The zero-order chi connectivity index (χ0) is 32.8. The predicted octanol–water partition coefficient (Wildman–Crippen LogP) is 14.9. The summed E-state index contributed by atoms with van der Waals surface area (Å²) in [6.45, 7) is 0. The minimum Gasteiger partial charge on any atom is -0.135 e. The van der Waals surface area contributed by atoms with E-state index in [1.165, 1.54) is 106 Å². The quantitative estimate of drug-likeness (QED) is 0.164. The highest BCUT2D eigenvalue weighted by Gasteiger charge is 2.17. The summed E-state index contributed by atoms with van der Waals surface area (Å²) in [5.41, 5.74) is 7.56. The van der Waals surface area contributed by atoms with Crippen LogP contribution in [0.4, 0.5) is 0 Å². The molecule has 0 aliphatic rings. The van der Waals surface area contributed by atoms with Gasteiger partial charge >= 0.3 is 0 Å². The van der Waals surface area contributed by atoms with E-state index in [0.29, 0.717) is 0 Å². The summed E-state index contributed by atoms with van der Waals surface area (Å²) >= 11 is 3.81. The molecule has 0 fully saturated rings. The van der Waals surface area contributed by atoms with Crippen molar-refractivity contribution in [3.63, 3.8) is 0 Å². The van der Waals surface area contributed by atoms with E-state index in [-0.39, 0.29) is 0 Å². The molecule has 0 spiro atoms. The Balaban J connectivity index is 1.06. The molecule has 2 aromatic heterocycles. The van der Waals surface area contributed by atoms with Crippen molar-refractivity contribution in [3.8, 4) is 33.4 Å². The van der Waals surface area contributed by atoms with Gasteiger partial charge in [0.25, 0.3) is 0 Å². The molecule has 0 aliphatic carbocycles. The van der Waals surface area contributed by atoms with Crippen molar-refractivity contribution >= 4 is 95.3 Å². The molecular weight excluding hydrogens is 641 g/mol. The first-order valence-corrected chi connectivity index (χ1v) is 18.7. The SMILES string of the molecule is c1ccc(-c2c3ccccc3c(-c3ccc(-c4ccc5sc6cc7ccc8c9ccccc9sc8c7cc6c5c4)cc3)c3ccccc23)cc1.